The zero-order chi connectivity index (χ0) is 14.2. The monoisotopic (exact) mass is 302 g/mol. The van der Waals surface area contributed by atoms with E-state index >= 15 is 0 Å². The minimum absolute atomic E-state index is 0.0792. The summed E-state index contributed by atoms with van der Waals surface area (Å²) in [6.45, 7) is 4.03. The van der Waals surface area contributed by atoms with Gasteiger partial charge in [0.05, 0.1) is 13.2 Å². The second-order valence-corrected chi connectivity index (χ2v) is 6.69. The molecule has 0 N–H and O–H groups in total. The molecule has 6 nitrogen and oxygen atoms in total. The molecule has 0 fully saturated rings. The summed E-state index contributed by atoms with van der Waals surface area (Å²) in [4.78, 5) is 11.3. The van der Waals surface area contributed by atoms with Crippen LogP contribution in [0, 0.1) is 5.41 Å². The van der Waals surface area contributed by atoms with Crippen LogP contribution >= 0.6 is 10.7 Å². The van der Waals surface area contributed by atoms with Gasteiger partial charge in [-0.2, -0.15) is 8.42 Å². The number of carbonyl (C=O) groups excluding carboxylic acids is 1. The van der Waals surface area contributed by atoms with Gasteiger partial charge in [0.15, 0.2) is 0 Å². The van der Waals surface area contributed by atoms with E-state index < -0.39 is 14.7 Å². The molecule has 0 aliphatic rings. The summed E-state index contributed by atoms with van der Waals surface area (Å²) in [5.74, 6) is -0.353. The number of carbonyl (C=O) groups is 1. The molecule has 8 heteroatoms. The first-order chi connectivity index (χ1) is 8.16. The topological polar surface area (TPSA) is 78.9 Å². The minimum atomic E-state index is -3.97. The second-order valence-electron chi connectivity index (χ2n) is 4.53. The van der Waals surface area contributed by atoms with Crippen molar-refractivity contribution in [2.75, 3.05) is 26.9 Å². The highest BCUT2D eigenvalue weighted by molar-refractivity contribution is 8.09. The number of halogens is 1. The number of hydrogen-bond donors (Lipinski definition) is 0. The Morgan fingerprint density at radius 2 is 1.89 bits per heavy atom. The third kappa shape index (κ3) is 10.8. The molecule has 0 rings (SSSR count). The van der Waals surface area contributed by atoms with E-state index in [0.29, 0.717) is 13.0 Å². The van der Waals surface area contributed by atoms with Gasteiger partial charge in [-0.25, -0.2) is 0 Å². The first-order valence-electron chi connectivity index (χ1n) is 5.40. The third-order valence-electron chi connectivity index (χ3n) is 2.15. The predicted octanol–water partition coefficient (Wildman–Crippen LogP) is 1.48. The van der Waals surface area contributed by atoms with Crippen molar-refractivity contribution < 1.29 is 26.9 Å². The number of ether oxygens (including phenoxy) is 2. The molecule has 0 radical (unpaired) electrons. The lowest BCUT2D eigenvalue weighted by Gasteiger charge is -2.22. The van der Waals surface area contributed by atoms with Gasteiger partial charge >= 0.3 is 15.3 Å². The predicted molar refractivity (Wildman–Crippen MR) is 66.6 cm³/mol. The summed E-state index contributed by atoms with van der Waals surface area (Å²) in [7, 11) is 2.47. The van der Waals surface area contributed by atoms with E-state index in [9.17, 15) is 13.2 Å². The van der Waals surface area contributed by atoms with Gasteiger partial charge in [0, 0.05) is 24.2 Å². The fourth-order valence-electron chi connectivity index (χ4n) is 1.05. The fourth-order valence-corrected chi connectivity index (χ4v) is 1.65. The first-order valence-corrected chi connectivity index (χ1v) is 7.63. The molecule has 0 aromatic rings. The van der Waals surface area contributed by atoms with Crippen molar-refractivity contribution in [3.05, 3.63) is 0 Å². The van der Waals surface area contributed by atoms with Crippen LogP contribution in [0.4, 0.5) is 0 Å². The smallest absolute Gasteiger partial charge is 0.355 e. The Hall–Kier alpha value is -0.370. The summed E-state index contributed by atoms with van der Waals surface area (Å²) in [6, 6.07) is 0. The zero-order valence-corrected chi connectivity index (χ0v) is 12.3. The van der Waals surface area contributed by atoms with Gasteiger partial charge in [0.1, 0.15) is 6.61 Å². The summed E-state index contributed by atoms with van der Waals surface area (Å²) in [6.07, 6.45) is 0.619. The number of hydrogen-bond acceptors (Lipinski definition) is 6. The fraction of sp³-hybridized carbons (Fsp3) is 0.900. The molecule has 0 saturated carbocycles. The normalized spacial score (nSPS) is 12.4. The van der Waals surface area contributed by atoms with Crippen LogP contribution < -0.4 is 0 Å². The third-order valence-corrected chi connectivity index (χ3v) is 2.81. The van der Waals surface area contributed by atoms with Gasteiger partial charge in [0.2, 0.25) is 0 Å². The summed E-state index contributed by atoms with van der Waals surface area (Å²) < 4.78 is 35.4. The molecule has 0 spiro atoms. The number of esters is 1. The van der Waals surface area contributed by atoms with Crippen LogP contribution in [0.3, 0.4) is 0 Å². The SMILES string of the molecule is COCCOC(=O)CCC(C)(C)COS(=O)(=O)Cl. The average Bonchev–Trinajstić information content (AvgIpc) is 2.24. The summed E-state index contributed by atoms with van der Waals surface area (Å²) >= 11 is 0. The van der Waals surface area contributed by atoms with Crippen molar-refractivity contribution in [3.8, 4) is 0 Å². The molecule has 0 aliphatic carbocycles. The van der Waals surface area contributed by atoms with Crippen molar-refractivity contribution in [1.29, 1.82) is 0 Å². The molecule has 0 aromatic heterocycles. The van der Waals surface area contributed by atoms with Gasteiger partial charge in [0.25, 0.3) is 0 Å². The Kier molecular flexibility index (Phi) is 7.77. The van der Waals surface area contributed by atoms with Crippen LogP contribution in [0.1, 0.15) is 26.7 Å². The van der Waals surface area contributed by atoms with Crippen molar-refractivity contribution >= 4 is 26.0 Å². The Labute approximate surface area is 112 Å². The summed E-state index contributed by atoms with van der Waals surface area (Å²) in [5, 5.41) is 0. The molecular weight excluding hydrogens is 284 g/mol. The Morgan fingerprint density at radius 3 is 2.39 bits per heavy atom. The maximum Gasteiger partial charge on any atom is 0.355 e. The van der Waals surface area contributed by atoms with Gasteiger partial charge in [-0.3, -0.25) is 8.98 Å². The quantitative estimate of drug-likeness (QED) is 0.365. The highest BCUT2D eigenvalue weighted by Gasteiger charge is 2.23. The molecule has 0 saturated heterocycles. The molecule has 0 unspecified atom stereocenters. The van der Waals surface area contributed by atoms with E-state index in [0.717, 1.165) is 0 Å². The maximum absolute atomic E-state index is 11.3. The van der Waals surface area contributed by atoms with E-state index in [4.69, 9.17) is 20.2 Å². The van der Waals surface area contributed by atoms with Gasteiger partial charge in [-0.1, -0.05) is 13.8 Å². The standard InChI is InChI=1S/C10H19ClO6S/c1-10(2,8-17-18(11,13)14)5-4-9(12)16-7-6-15-3/h4-8H2,1-3H3. The van der Waals surface area contributed by atoms with Crippen LogP contribution in [0.2, 0.25) is 0 Å². The van der Waals surface area contributed by atoms with Crippen molar-refractivity contribution in [1.82, 2.24) is 0 Å². The van der Waals surface area contributed by atoms with E-state index in [1.165, 1.54) is 7.11 Å². The van der Waals surface area contributed by atoms with Crippen LogP contribution in [0.5, 0.6) is 0 Å². The van der Waals surface area contributed by atoms with Crippen molar-refractivity contribution in [3.63, 3.8) is 0 Å². The number of rotatable bonds is 9. The van der Waals surface area contributed by atoms with Gasteiger partial charge in [-0.05, 0) is 11.8 Å². The molecule has 0 amide bonds. The Balaban J connectivity index is 3.91. The first kappa shape index (κ1) is 17.6. The highest BCUT2D eigenvalue weighted by atomic mass is 35.7. The lowest BCUT2D eigenvalue weighted by Crippen LogP contribution is -2.22. The van der Waals surface area contributed by atoms with Gasteiger partial charge in [-0.15, -0.1) is 0 Å². The molecule has 108 valence electrons. The minimum Gasteiger partial charge on any atom is -0.463 e. The lowest BCUT2D eigenvalue weighted by molar-refractivity contribution is -0.145. The maximum atomic E-state index is 11.3. The highest BCUT2D eigenvalue weighted by Crippen LogP contribution is 2.24. The molecule has 0 aromatic carbocycles. The Morgan fingerprint density at radius 1 is 1.28 bits per heavy atom. The van der Waals surface area contributed by atoms with Crippen LogP contribution in [-0.4, -0.2) is 41.3 Å². The molecule has 0 bridgehead atoms. The van der Waals surface area contributed by atoms with Crippen LogP contribution in [-0.2, 0) is 27.8 Å². The Bertz CT molecular complexity index is 351. The van der Waals surface area contributed by atoms with E-state index in [1.54, 1.807) is 13.8 Å². The van der Waals surface area contributed by atoms with E-state index in [2.05, 4.69) is 4.18 Å². The van der Waals surface area contributed by atoms with Crippen LogP contribution in [0.25, 0.3) is 0 Å². The van der Waals surface area contributed by atoms with Gasteiger partial charge < -0.3 is 9.47 Å². The molecule has 0 atom stereocenters. The van der Waals surface area contributed by atoms with Crippen molar-refractivity contribution in [2.24, 2.45) is 5.41 Å². The molecular formula is C10H19ClO6S. The van der Waals surface area contributed by atoms with Crippen LogP contribution in [0.15, 0.2) is 0 Å². The average molecular weight is 303 g/mol. The lowest BCUT2D eigenvalue weighted by atomic mass is 9.89. The summed E-state index contributed by atoms with van der Waals surface area (Å²) in [5.41, 5.74) is -0.484. The molecule has 0 aliphatic heterocycles. The number of methoxy groups -OCH3 is 1. The van der Waals surface area contributed by atoms with E-state index in [-0.39, 0.29) is 25.6 Å². The largest absolute Gasteiger partial charge is 0.463 e. The zero-order valence-electron chi connectivity index (χ0n) is 10.8. The molecule has 18 heavy (non-hydrogen) atoms. The van der Waals surface area contributed by atoms with E-state index in [1.807, 2.05) is 0 Å². The molecule has 0 heterocycles. The van der Waals surface area contributed by atoms with Crippen molar-refractivity contribution in [2.45, 2.75) is 26.7 Å². The second kappa shape index (κ2) is 7.93.